The van der Waals surface area contributed by atoms with Crippen molar-refractivity contribution in [1.82, 2.24) is 53.2 Å². The maximum atomic E-state index is 14.3. The quantitative estimate of drug-likeness (QED) is 0.0199. The highest BCUT2D eigenvalue weighted by Gasteiger charge is 2.48. The predicted molar refractivity (Wildman–Crippen MR) is 388 cm³/mol. The summed E-state index contributed by atoms with van der Waals surface area (Å²) in [5, 5.41) is 129. The molecule has 636 valence electrons. The summed E-state index contributed by atoms with van der Waals surface area (Å²) in [4.78, 5) is 115. The summed E-state index contributed by atoms with van der Waals surface area (Å²) in [5.41, 5.74) is -1.40. The van der Waals surface area contributed by atoms with Crippen molar-refractivity contribution in [2.75, 3.05) is 132 Å². The summed E-state index contributed by atoms with van der Waals surface area (Å²) in [6.45, 7) is 5.37. The zero-order valence-corrected chi connectivity index (χ0v) is 64.2. The normalized spacial score (nSPS) is 27.0. The van der Waals surface area contributed by atoms with Gasteiger partial charge in [0, 0.05) is 117 Å². The van der Waals surface area contributed by atoms with E-state index in [1.165, 1.54) is 20.8 Å². The highest BCUT2D eigenvalue weighted by atomic mass is 16.7. The minimum absolute atomic E-state index is 0.00342. The Kier molecular flexibility index (Phi) is 48.6. The summed E-state index contributed by atoms with van der Waals surface area (Å²) in [7, 11) is 0. The topological polar surface area (TPSA) is 569 Å². The molecule has 4 fully saturated rings. The average Bonchev–Trinajstić information content (AvgIpc) is 0.822. The molecule has 17 atom stereocenters. The van der Waals surface area contributed by atoms with Crippen molar-refractivity contribution in [1.29, 1.82) is 0 Å². The van der Waals surface area contributed by atoms with E-state index < -0.39 is 135 Å². The lowest BCUT2D eigenvalue weighted by Gasteiger charge is -2.42. The van der Waals surface area contributed by atoms with E-state index in [0.29, 0.717) is 90.1 Å². The molecule has 1 aliphatic carbocycles. The predicted octanol–water partition coefficient (Wildman–Crippen LogP) is -6.25. The lowest BCUT2D eigenvalue weighted by Crippen LogP contribution is -2.65. The average molecular weight is 1590 g/mol. The molecular formula is C71H128N10O29. The molecular weight excluding hydrogens is 1460 g/mol. The molecule has 3 aliphatic heterocycles. The highest BCUT2D eigenvalue weighted by Crippen LogP contribution is 2.29. The lowest BCUT2D eigenvalue weighted by molar-refractivity contribution is -0.274. The van der Waals surface area contributed by atoms with Gasteiger partial charge in [-0.15, -0.1) is 0 Å². The Labute approximate surface area is 642 Å². The maximum absolute atomic E-state index is 14.3. The molecule has 8 amide bonds. The monoisotopic (exact) mass is 1580 g/mol. The second-order valence-corrected chi connectivity index (χ2v) is 28.1. The van der Waals surface area contributed by atoms with Crippen molar-refractivity contribution in [3.8, 4) is 0 Å². The molecule has 110 heavy (non-hydrogen) atoms. The number of Topliss-reactive ketones (excluding diaryl/α,β-unsaturated/α-hetero) is 1. The molecule has 20 N–H and O–H groups in total. The molecule has 4 aliphatic rings. The number of ether oxygens (including phenoxy) is 10. The maximum Gasteiger partial charge on any atom is 0.223 e. The molecule has 17 unspecified atom stereocenters. The van der Waals surface area contributed by atoms with Crippen LogP contribution in [0.2, 0.25) is 0 Å². The minimum atomic E-state index is -1.45. The van der Waals surface area contributed by atoms with E-state index in [1.807, 2.05) is 6.92 Å². The van der Waals surface area contributed by atoms with Crippen LogP contribution in [0.5, 0.6) is 0 Å². The minimum Gasteiger partial charge on any atom is -0.394 e. The molecule has 0 aromatic rings. The van der Waals surface area contributed by atoms with Crippen molar-refractivity contribution >= 4 is 53.0 Å². The zero-order chi connectivity index (χ0) is 80.8. The fourth-order valence-electron chi connectivity index (χ4n) is 12.5. The van der Waals surface area contributed by atoms with E-state index in [4.69, 9.17) is 47.4 Å². The second kappa shape index (κ2) is 55.1. The number of aliphatic hydroxyl groups excluding tert-OH is 10. The van der Waals surface area contributed by atoms with Crippen molar-refractivity contribution < 1.29 is 142 Å². The van der Waals surface area contributed by atoms with Gasteiger partial charge in [0.25, 0.3) is 0 Å². The van der Waals surface area contributed by atoms with Gasteiger partial charge in [-0.3, -0.25) is 48.5 Å². The van der Waals surface area contributed by atoms with Crippen LogP contribution in [0.3, 0.4) is 0 Å². The Bertz CT molecular complexity index is 2660. The van der Waals surface area contributed by atoms with Gasteiger partial charge in [-0.05, 0) is 104 Å². The van der Waals surface area contributed by atoms with Gasteiger partial charge in [-0.2, -0.15) is 0 Å². The number of carbonyl (C=O) groups excluding carboxylic acids is 9. The van der Waals surface area contributed by atoms with E-state index in [1.54, 1.807) is 0 Å². The van der Waals surface area contributed by atoms with Crippen LogP contribution in [0, 0.1) is 5.92 Å². The molecule has 0 spiro atoms. The number of carbonyl (C=O) groups is 9. The van der Waals surface area contributed by atoms with Gasteiger partial charge in [-0.1, -0.05) is 0 Å². The van der Waals surface area contributed by atoms with Crippen LogP contribution in [0.25, 0.3) is 0 Å². The molecule has 0 bridgehead atoms. The summed E-state index contributed by atoms with van der Waals surface area (Å²) >= 11 is 0. The lowest BCUT2D eigenvalue weighted by atomic mass is 9.86. The summed E-state index contributed by atoms with van der Waals surface area (Å²) in [6.07, 6.45) is -9.93. The van der Waals surface area contributed by atoms with Gasteiger partial charge >= 0.3 is 0 Å². The number of unbranched alkanes of at least 4 members (excludes halogenated alkanes) is 3. The molecule has 4 rings (SSSR count). The van der Waals surface area contributed by atoms with E-state index >= 15 is 0 Å². The van der Waals surface area contributed by atoms with Gasteiger partial charge in [0.1, 0.15) is 78.5 Å². The Morgan fingerprint density at radius 3 is 1.13 bits per heavy atom. The number of hydrogen-bond acceptors (Lipinski definition) is 31. The molecule has 39 nitrogen and oxygen atoms in total. The van der Waals surface area contributed by atoms with Crippen LogP contribution in [-0.4, -0.2) is 346 Å². The van der Waals surface area contributed by atoms with E-state index in [0.717, 1.165) is 0 Å². The second-order valence-electron chi connectivity index (χ2n) is 28.1. The summed E-state index contributed by atoms with van der Waals surface area (Å²) < 4.78 is 58.3. The summed E-state index contributed by atoms with van der Waals surface area (Å²) in [5.74, 6) is -3.19. The largest absolute Gasteiger partial charge is 0.394 e. The third-order valence-corrected chi connectivity index (χ3v) is 18.7. The van der Waals surface area contributed by atoms with Crippen molar-refractivity contribution in [2.24, 2.45) is 5.92 Å². The standard InChI is InChI=1S/C71H128N10O29/c1-5-104-48-20-18-47(19-21-48)67(100)81-71(42-102-35-23-56(92)76-29-13-26-73-53(89)16-7-10-32-106-69-59(79-45(3)86)65(98)62(95)50(39-83)109-69,43-103-36-24-57(93)77-30-14-27-74-54(90)17-8-11-33-107-70-60(80-46(4)87)66(99)63(96)51(40-84)110-70)41-101-34-22-55(91)75-28-12-25-72-52(88)15-6-9-31-105-68-58(78-37-44(2)85)64(97)61(94)49(38-82)108-68/h45,47-51,58-66,68-70,78-79,82-84,86,94-99H,5-43H2,1-4H3,(H,72,88)(H,73,89)(H,74,90)(H,75,91)(H,76,92)(H,77,93)(H,80,87)(H,81,100). The molecule has 0 aromatic carbocycles. The van der Waals surface area contributed by atoms with Gasteiger partial charge < -0.3 is 146 Å². The Morgan fingerprint density at radius 1 is 0.436 bits per heavy atom. The zero-order valence-electron chi connectivity index (χ0n) is 64.2. The smallest absolute Gasteiger partial charge is 0.223 e. The highest BCUT2D eigenvalue weighted by molar-refractivity contribution is 5.80. The number of amides is 8. The van der Waals surface area contributed by atoms with Crippen LogP contribution in [0.4, 0.5) is 0 Å². The van der Waals surface area contributed by atoms with E-state index in [-0.39, 0.29) is 197 Å². The molecule has 0 radical (unpaired) electrons. The first kappa shape index (κ1) is 96.9. The summed E-state index contributed by atoms with van der Waals surface area (Å²) in [6, 6.07) is -3.03. The molecule has 3 heterocycles. The first-order valence-electron chi connectivity index (χ1n) is 38.7. The Balaban J connectivity index is 1.25. The van der Waals surface area contributed by atoms with Gasteiger partial charge in [-0.25, -0.2) is 0 Å². The third kappa shape index (κ3) is 37.7. The number of ketones is 1. The van der Waals surface area contributed by atoms with Crippen LogP contribution in [0.1, 0.15) is 150 Å². The first-order chi connectivity index (χ1) is 52.7. The fraction of sp³-hybridized carbons (Fsp3) is 0.873. The van der Waals surface area contributed by atoms with Crippen LogP contribution >= 0.6 is 0 Å². The number of hydrogen-bond donors (Lipinski definition) is 20. The van der Waals surface area contributed by atoms with E-state index in [9.17, 15) is 94.2 Å². The SMILES string of the molecule is CCOC1CCC(C(=O)NC(COCCC(=O)NCCCNC(=O)CCCCOC2OC(CO)C(O)C(O)C2NCC(C)=O)(COCCC(=O)NCCCNC(=O)CCCCOC2OC(CO)C(O)C(O)C2NC(C)=O)COCCC(=O)NCCCNC(=O)CCCCOC2OC(CO)C(O)C(O)C2NC(C)O)CC1. The molecule has 0 aromatic heterocycles. The Morgan fingerprint density at radius 2 is 0.782 bits per heavy atom. The number of aliphatic hydroxyl groups is 10. The van der Waals surface area contributed by atoms with Crippen LogP contribution in [-0.2, 0) is 90.5 Å². The number of nitrogens with one attached hydrogen (secondary N) is 10. The van der Waals surface area contributed by atoms with Crippen LogP contribution < -0.4 is 53.2 Å². The van der Waals surface area contributed by atoms with Crippen molar-refractivity contribution in [3.63, 3.8) is 0 Å². The van der Waals surface area contributed by atoms with E-state index in [2.05, 4.69) is 53.2 Å². The number of rotatable bonds is 58. The molecule has 3 saturated heterocycles. The Hall–Kier alpha value is -5.45. The molecule has 39 heteroatoms. The first-order valence-corrected chi connectivity index (χ1v) is 38.7. The van der Waals surface area contributed by atoms with Crippen molar-refractivity contribution in [2.45, 2.75) is 259 Å². The molecule has 1 saturated carbocycles. The van der Waals surface area contributed by atoms with Crippen LogP contribution in [0.15, 0.2) is 0 Å². The van der Waals surface area contributed by atoms with Gasteiger partial charge in [0.05, 0.1) is 84.2 Å². The van der Waals surface area contributed by atoms with Gasteiger partial charge in [0.15, 0.2) is 18.9 Å². The van der Waals surface area contributed by atoms with Crippen molar-refractivity contribution in [3.05, 3.63) is 0 Å². The fourth-order valence-corrected chi connectivity index (χ4v) is 12.5. The third-order valence-electron chi connectivity index (χ3n) is 18.7. The van der Waals surface area contributed by atoms with Gasteiger partial charge in [0.2, 0.25) is 47.3 Å².